The molecule has 11 nitrogen and oxygen atoms in total. The number of aliphatic hydroxyl groups excluding tert-OH is 4. The maximum Gasteiger partial charge on any atom is 0.335 e. The van der Waals surface area contributed by atoms with Gasteiger partial charge in [-0.3, -0.25) is 10.1 Å². The summed E-state index contributed by atoms with van der Waals surface area (Å²) < 4.78 is 10.0. The van der Waals surface area contributed by atoms with Gasteiger partial charge >= 0.3 is 11.7 Å². The van der Waals surface area contributed by atoms with Gasteiger partial charge in [-0.05, 0) is 11.6 Å². The Morgan fingerprint density at radius 3 is 2.46 bits per heavy atom. The minimum atomic E-state index is -1.90. The van der Waals surface area contributed by atoms with Gasteiger partial charge in [0.05, 0.1) is 11.5 Å². The lowest BCUT2D eigenvalue weighted by Gasteiger charge is -2.38. The Hall–Kier alpha value is -2.31. The maximum atomic E-state index is 11.1. The Morgan fingerprint density at radius 2 is 1.92 bits per heavy atom. The predicted molar refractivity (Wildman–Crippen MR) is 74.0 cm³/mol. The first-order chi connectivity index (χ1) is 11.3. The first kappa shape index (κ1) is 18.0. The van der Waals surface area contributed by atoms with Gasteiger partial charge in [-0.1, -0.05) is 6.07 Å². The zero-order valence-electron chi connectivity index (χ0n) is 12.1. The van der Waals surface area contributed by atoms with Crippen molar-refractivity contribution >= 4 is 11.7 Å². The molecule has 1 aromatic carbocycles. The van der Waals surface area contributed by atoms with Gasteiger partial charge in [0.2, 0.25) is 6.29 Å². The molecule has 0 bridgehead atoms. The summed E-state index contributed by atoms with van der Waals surface area (Å²) in [6.45, 7) is -0.449. The number of aliphatic carboxylic acids is 1. The van der Waals surface area contributed by atoms with Crippen molar-refractivity contribution in [2.75, 3.05) is 0 Å². The maximum absolute atomic E-state index is 11.1. The van der Waals surface area contributed by atoms with Crippen LogP contribution in [0.5, 0.6) is 5.75 Å². The lowest BCUT2D eigenvalue weighted by Crippen LogP contribution is -2.61. The van der Waals surface area contributed by atoms with E-state index in [1.54, 1.807) is 0 Å². The lowest BCUT2D eigenvalue weighted by atomic mass is 9.99. The normalized spacial score (nSPS) is 29.9. The number of carboxylic acid groups (broad SMARTS) is 1. The molecule has 132 valence electrons. The molecule has 1 aliphatic heterocycles. The van der Waals surface area contributed by atoms with Gasteiger partial charge < -0.3 is 35.0 Å². The van der Waals surface area contributed by atoms with Gasteiger partial charge in [0.1, 0.15) is 18.3 Å². The number of carbonyl (C=O) groups is 1. The molecule has 1 fully saturated rings. The number of nitro benzene ring substituents is 1. The number of nitrogens with zero attached hydrogens (tertiary/aromatic N) is 1. The van der Waals surface area contributed by atoms with Crippen molar-refractivity contribution in [1.82, 2.24) is 0 Å². The Morgan fingerprint density at radius 1 is 1.25 bits per heavy atom. The van der Waals surface area contributed by atoms with E-state index >= 15 is 0 Å². The molecule has 0 saturated carbocycles. The molecule has 0 unspecified atom stereocenters. The molecule has 1 aliphatic rings. The van der Waals surface area contributed by atoms with Crippen molar-refractivity contribution in [3.05, 3.63) is 33.9 Å². The molecular formula is C13H15NO10. The van der Waals surface area contributed by atoms with Crippen LogP contribution in [0.1, 0.15) is 5.56 Å². The molecule has 24 heavy (non-hydrogen) atoms. The SMILES string of the molecule is O=C(O)[C@H]1O[C@@H](Oc2ccc(CO)cc2[N+](=O)[O-])[C@H](O)[C@@H](O)[C@@H]1O. The zero-order chi connectivity index (χ0) is 18.0. The van der Waals surface area contributed by atoms with E-state index in [2.05, 4.69) is 0 Å². The highest BCUT2D eigenvalue weighted by Crippen LogP contribution is 2.32. The van der Waals surface area contributed by atoms with Crippen LogP contribution in [0.25, 0.3) is 0 Å². The first-order valence-electron chi connectivity index (χ1n) is 6.73. The highest BCUT2D eigenvalue weighted by Gasteiger charge is 2.48. The van der Waals surface area contributed by atoms with Crippen molar-refractivity contribution in [3.8, 4) is 5.75 Å². The standard InChI is InChI=1S/C13H15NO10/c15-4-5-1-2-7(6(3-5)14(21)22)23-13-10(18)8(16)9(17)11(24-13)12(19)20/h1-3,8-11,13,15-18H,4H2,(H,19,20)/t8-,9-,10+,11-,13+/m0/s1. The Labute approximate surface area is 134 Å². The third-order valence-corrected chi connectivity index (χ3v) is 3.46. The zero-order valence-corrected chi connectivity index (χ0v) is 12.1. The van der Waals surface area contributed by atoms with Crippen LogP contribution >= 0.6 is 0 Å². The average molecular weight is 345 g/mol. The highest BCUT2D eigenvalue weighted by atomic mass is 16.7. The first-order valence-corrected chi connectivity index (χ1v) is 6.73. The van der Waals surface area contributed by atoms with Gasteiger partial charge in [0, 0.05) is 6.07 Å². The van der Waals surface area contributed by atoms with Crippen molar-refractivity contribution in [2.45, 2.75) is 37.3 Å². The van der Waals surface area contributed by atoms with E-state index in [-0.39, 0.29) is 11.3 Å². The van der Waals surface area contributed by atoms with E-state index in [1.165, 1.54) is 6.07 Å². The summed E-state index contributed by atoms with van der Waals surface area (Å²) in [7, 11) is 0. The average Bonchev–Trinajstić information content (AvgIpc) is 2.55. The number of carboxylic acids is 1. The summed E-state index contributed by atoms with van der Waals surface area (Å²) in [4.78, 5) is 21.3. The number of hydrogen-bond donors (Lipinski definition) is 5. The smallest absolute Gasteiger partial charge is 0.335 e. The van der Waals surface area contributed by atoms with E-state index in [9.17, 15) is 30.2 Å². The van der Waals surface area contributed by atoms with E-state index in [4.69, 9.17) is 19.7 Å². The predicted octanol–water partition coefficient (Wildman–Crippen LogP) is -1.64. The van der Waals surface area contributed by atoms with Gasteiger partial charge in [-0.2, -0.15) is 0 Å². The second-order valence-corrected chi connectivity index (χ2v) is 5.07. The van der Waals surface area contributed by atoms with Crippen LogP contribution in [0.2, 0.25) is 0 Å². The van der Waals surface area contributed by atoms with Crippen LogP contribution in [0.3, 0.4) is 0 Å². The Balaban J connectivity index is 2.29. The number of benzene rings is 1. The van der Waals surface area contributed by atoms with Gasteiger partial charge in [-0.15, -0.1) is 0 Å². The molecule has 0 amide bonds. The summed E-state index contributed by atoms with van der Waals surface area (Å²) in [5.41, 5.74) is -0.317. The summed E-state index contributed by atoms with van der Waals surface area (Å²) in [6.07, 6.45) is -9.27. The molecule has 5 atom stereocenters. The molecule has 1 heterocycles. The van der Waals surface area contributed by atoms with E-state index in [0.717, 1.165) is 12.1 Å². The Bertz CT molecular complexity index is 635. The molecule has 5 N–H and O–H groups in total. The van der Waals surface area contributed by atoms with Crippen LogP contribution in [-0.4, -0.2) is 67.1 Å². The quantitative estimate of drug-likeness (QED) is 0.307. The summed E-state index contributed by atoms with van der Waals surface area (Å²) in [5, 5.41) is 58.1. The van der Waals surface area contributed by atoms with E-state index in [0.29, 0.717) is 0 Å². The number of hydrogen-bond acceptors (Lipinski definition) is 9. The summed E-state index contributed by atoms with van der Waals surface area (Å²) >= 11 is 0. The highest BCUT2D eigenvalue weighted by molar-refractivity contribution is 5.73. The molecule has 11 heteroatoms. The molecule has 1 saturated heterocycles. The Kier molecular flexibility index (Phi) is 5.31. The molecule has 0 spiro atoms. The number of ether oxygens (including phenoxy) is 2. The van der Waals surface area contributed by atoms with E-state index < -0.39 is 53.9 Å². The lowest BCUT2D eigenvalue weighted by molar-refractivity contribution is -0.387. The van der Waals surface area contributed by atoms with Crippen molar-refractivity contribution in [3.63, 3.8) is 0 Å². The fourth-order valence-electron chi connectivity index (χ4n) is 2.18. The van der Waals surface area contributed by atoms with Crippen LogP contribution in [0, 0.1) is 10.1 Å². The summed E-state index contributed by atoms with van der Waals surface area (Å²) in [5.74, 6) is -1.97. The van der Waals surface area contributed by atoms with Crippen molar-refractivity contribution in [2.24, 2.45) is 0 Å². The topological polar surface area (TPSA) is 180 Å². The largest absolute Gasteiger partial charge is 0.479 e. The molecule has 2 rings (SSSR count). The van der Waals surface area contributed by atoms with Gasteiger partial charge in [-0.25, -0.2) is 4.79 Å². The minimum absolute atomic E-state index is 0.234. The minimum Gasteiger partial charge on any atom is -0.479 e. The summed E-state index contributed by atoms with van der Waals surface area (Å²) in [6, 6.07) is 3.48. The second kappa shape index (κ2) is 7.07. The molecular weight excluding hydrogens is 330 g/mol. The third-order valence-electron chi connectivity index (χ3n) is 3.46. The third kappa shape index (κ3) is 3.44. The molecule has 0 aliphatic carbocycles. The fourth-order valence-corrected chi connectivity index (χ4v) is 2.18. The number of rotatable bonds is 5. The number of aliphatic hydroxyl groups is 4. The van der Waals surface area contributed by atoms with Crippen molar-refractivity contribution < 1.29 is 44.7 Å². The van der Waals surface area contributed by atoms with Crippen LogP contribution < -0.4 is 4.74 Å². The molecule has 1 aromatic rings. The van der Waals surface area contributed by atoms with Crippen LogP contribution in [0.15, 0.2) is 18.2 Å². The van der Waals surface area contributed by atoms with Gasteiger partial charge in [0.15, 0.2) is 11.9 Å². The van der Waals surface area contributed by atoms with E-state index in [1.807, 2.05) is 0 Å². The monoisotopic (exact) mass is 345 g/mol. The van der Waals surface area contributed by atoms with Crippen molar-refractivity contribution in [1.29, 1.82) is 0 Å². The van der Waals surface area contributed by atoms with Crippen LogP contribution in [-0.2, 0) is 16.1 Å². The molecule has 0 aromatic heterocycles. The second-order valence-electron chi connectivity index (χ2n) is 5.07. The molecule has 0 radical (unpaired) electrons. The van der Waals surface area contributed by atoms with Gasteiger partial charge in [0.25, 0.3) is 0 Å². The number of nitro groups is 1. The van der Waals surface area contributed by atoms with Crippen LogP contribution in [0.4, 0.5) is 5.69 Å². The fraction of sp³-hybridized carbons (Fsp3) is 0.462.